The van der Waals surface area contributed by atoms with E-state index < -0.39 is 30.1 Å². The Morgan fingerprint density at radius 1 is 1.28 bits per heavy atom. The highest BCUT2D eigenvalue weighted by Crippen LogP contribution is 2.72. The van der Waals surface area contributed by atoms with Crippen molar-refractivity contribution in [2.24, 2.45) is 0 Å². The van der Waals surface area contributed by atoms with Crippen LogP contribution in [0.5, 0.6) is 0 Å². The van der Waals surface area contributed by atoms with Crippen LogP contribution in [-0.4, -0.2) is 45.5 Å². The molecular formula is C15H23N2O5PS2. The van der Waals surface area contributed by atoms with Crippen LogP contribution in [0.3, 0.4) is 0 Å². The SMILES string of the molecule is CC[C@H]1O[C@@H](n2ccc(=O)[nH]c2=O)[C@@H](OC)C1OP1SC(C)C(C)S1. The first-order chi connectivity index (χ1) is 11.9. The Bertz CT molecular complexity index is 704. The highest BCUT2D eigenvalue weighted by Gasteiger charge is 2.48. The Hall–Kier alpha value is -0.310. The second-order valence-corrected chi connectivity index (χ2v) is 12.6. The summed E-state index contributed by atoms with van der Waals surface area (Å²) >= 11 is 3.73. The van der Waals surface area contributed by atoms with Gasteiger partial charge in [0.2, 0.25) is 0 Å². The Morgan fingerprint density at radius 2 is 1.96 bits per heavy atom. The highest BCUT2D eigenvalue weighted by atomic mass is 33.1. The molecule has 0 amide bonds. The van der Waals surface area contributed by atoms with Crippen molar-refractivity contribution in [3.63, 3.8) is 0 Å². The van der Waals surface area contributed by atoms with E-state index in [0.29, 0.717) is 10.5 Å². The summed E-state index contributed by atoms with van der Waals surface area (Å²) in [5.74, 6) is 0. The zero-order chi connectivity index (χ0) is 18.1. The number of ether oxygens (including phenoxy) is 2. The van der Waals surface area contributed by atoms with Crippen LogP contribution >= 0.6 is 29.3 Å². The van der Waals surface area contributed by atoms with Crippen LogP contribution in [0, 0.1) is 0 Å². The minimum atomic E-state index is -0.672. The van der Waals surface area contributed by atoms with Crippen LogP contribution in [0.2, 0.25) is 0 Å². The summed E-state index contributed by atoms with van der Waals surface area (Å²) in [4.78, 5) is 25.7. The molecule has 1 aromatic heterocycles. The fourth-order valence-corrected chi connectivity index (χ4v) is 11.9. The third kappa shape index (κ3) is 4.01. The molecule has 0 spiro atoms. The molecule has 3 rings (SSSR count). The fraction of sp³-hybridized carbons (Fsp3) is 0.733. The lowest BCUT2D eigenvalue weighted by atomic mass is 10.1. The average Bonchev–Trinajstić information content (AvgIpc) is 3.07. The van der Waals surface area contributed by atoms with Crippen molar-refractivity contribution in [1.82, 2.24) is 9.55 Å². The zero-order valence-electron chi connectivity index (χ0n) is 14.6. The maximum absolute atomic E-state index is 12.1. The molecule has 25 heavy (non-hydrogen) atoms. The third-order valence-corrected chi connectivity index (χ3v) is 12.0. The van der Waals surface area contributed by atoms with Crippen molar-refractivity contribution < 1.29 is 14.0 Å². The minimum Gasteiger partial charge on any atom is -0.374 e. The number of hydrogen-bond acceptors (Lipinski definition) is 7. The molecular weight excluding hydrogens is 383 g/mol. The lowest BCUT2D eigenvalue weighted by Gasteiger charge is -2.25. The van der Waals surface area contributed by atoms with Gasteiger partial charge in [-0.25, -0.2) is 4.79 Å². The molecule has 0 saturated carbocycles. The Morgan fingerprint density at radius 3 is 2.52 bits per heavy atom. The Labute approximate surface area is 155 Å². The summed E-state index contributed by atoms with van der Waals surface area (Å²) in [6, 6.07) is 1.31. The molecule has 2 saturated heterocycles. The summed E-state index contributed by atoms with van der Waals surface area (Å²) in [6.07, 6.45) is 0.755. The molecule has 0 aliphatic carbocycles. The van der Waals surface area contributed by atoms with Crippen LogP contribution in [0.1, 0.15) is 33.4 Å². The van der Waals surface area contributed by atoms with Gasteiger partial charge in [0.15, 0.2) is 12.8 Å². The lowest BCUT2D eigenvalue weighted by Crippen LogP contribution is -2.39. The first kappa shape index (κ1) is 19.5. The van der Waals surface area contributed by atoms with E-state index in [1.807, 2.05) is 29.7 Å². The van der Waals surface area contributed by atoms with E-state index in [4.69, 9.17) is 14.0 Å². The van der Waals surface area contributed by atoms with Crippen molar-refractivity contribution in [3.05, 3.63) is 33.1 Å². The molecule has 140 valence electrons. The van der Waals surface area contributed by atoms with E-state index in [1.165, 1.54) is 16.8 Å². The normalized spacial score (nSPS) is 38.3. The quantitative estimate of drug-likeness (QED) is 0.753. The molecule has 2 fully saturated rings. The molecule has 0 aromatic carbocycles. The van der Waals surface area contributed by atoms with Gasteiger partial charge in [-0.15, -0.1) is 0 Å². The van der Waals surface area contributed by atoms with Crippen molar-refractivity contribution in [1.29, 1.82) is 0 Å². The number of aromatic nitrogens is 2. The molecule has 2 aliphatic heterocycles. The van der Waals surface area contributed by atoms with Gasteiger partial charge in [0.25, 0.3) is 5.56 Å². The van der Waals surface area contributed by atoms with Gasteiger partial charge in [-0.2, -0.15) is 0 Å². The monoisotopic (exact) mass is 406 g/mol. The topological polar surface area (TPSA) is 82.6 Å². The number of aromatic amines is 1. The molecule has 0 radical (unpaired) electrons. The maximum Gasteiger partial charge on any atom is 0.330 e. The standard InChI is InChI=1S/C15H23N2O5PS2/c1-5-10-12(22-23-24-8(2)9(3)25-23)13(20-4)14(21-10)17-7-6-11(18)16-15(17)19/h6-10,12-14H,5H2,1-4H3,(H,16,18,19)/t8?,9?,10-,12?,13+,14-,23?/m1/s1. The van der Waals surface area contributed by atoms with Crippen molar-refractivity contribution >= 4 is 29.3 Å². The summed E-state index contributed by atoms with van der Waals surface area (Å²) in [5, 5.41) is 1.11. The summed E-state index contributed by atoms with van der Waals surface area (Å²) in [6.45, 7) is 5.79. The van der Waals surface area contributed by atoms with E-state index in [9.17, 15) is 9.59 Å². The summed E-state index contributed by atoms with van der Waals surface area (Å²) in [7, 11) is 1.60. The third-order valence-electron chi connectivity index (χ3n) is 4.46. The lowest BCUT2D eigenvalue weighted by molar-refractivity contribution is -0.0536. The number of nitrogens with zero attached hydrogens (tertiary/aromatic N) is 1. The summed E-state index contributed by atoms with van der Waals surface area (Å²) < 4.78 is 19.5. The molecule has 3 unspecified atom stereocenters. The van der Waals surface area contributed by atoms with Gasteiger partial charge in [-0.05, 0) is 6.42 Å². The van der Waals surface area contributed by atoms with E-state index in [-0.39, 0.29) is 12.2 Å². The van der Waals surface area contributed by atoms with E-state index in [0.717, 1.165) is 6.42 Å². The molecule has 3 heterocycles. The first-order valence-electron chi connectivity index (χ1n) is 8.24. The number of hydrogen-bond donors (Lipinski definition) is 1. The van der Waals surface area contributed by atoms with E-state index in [1.54, 1.807) is 7.11 Å². The smallest absolute Gasteiger partial charge is 0.330 e. The zero-order valence-corrected chi connectivity index (χ0v) is 17.1. The van der Waals surface area contributed by atoms with E-state index in [2.05, 4.69) is 18.8 Å². The number of methoxy groups -OCH3 is 1. The van der Waals surface area contributed by atoms with Crippen LogP contribution < -0.4 is 11.2 Å². The van der Waals surface area contributed by atoms with Gasteiger partial charge in [-0.3, -0.25) is 14.3 Å². The van der Waals surface area contributed by atoms with E-state index >= 15 is 0 Å². The van der Waals surface area contributed by atoms with Gasteiger partial charge in [-0.1, -0.05) is 43.5 Å². The molecule has 2 aliphatic rings. The highest BCUT2D eigenvalue weighted by molar-refractivity contribution is 8.88. The van der Waals surface area contributed by atoms with Gasteiger partial charge in [0, 0.05) is 29.9 Å². The minimum absolute atomic E-state index is 0.163. The largest absolute Gasteiger partial charge is 0.374 e. The van der Waals surface area contributed by atoms with Gasteiger partial charge in [0.1, 0.15) is 12.2 Å². The van der Waals surface area contributed by atoms with Gasteiger partial charge >= 0.3 is 5.69 Å². The predicted molar refractivity (Wildman–Crippen MR) is 102 cm³/mol. The van der Waals surface area contributed by atoms with Crippen LogP contribution in [-0.2, 0) is 14.0 Å². The molecule has 10 heteroatoms. The van der Waals surface area contributed by atoms with Gasteiger partial charge < -0.3 is 14.0 Å². The van der Waals surface area contributed by atoms with Crippen molar-refractivity contribution in [2.45, 2.75) is 62.2 Å². The summed E-state index contributed by atoms with van der Waals surface area (Å²) in [5.41, 5.74) is -0.939. The van der Waals surface area contributed by atoms with Crippen LogP contribution in [0.25, 0.3) is 0 Å². The van der Waals surface area contributed by atoms with Crippen LogP contribution in [0.15, 0.2) is 21.9 Å². The predicted octanol–water partition coefficient (Wildman–Crippen LogP) is 2.73. The van der Waals surface area contributed by atoms with Crippen molar-refractivity contribution in [3.8, 4) is 0 Å². The number of rotatable bonds is 5. The number of H-pyrrole nitrogens is 1. The molecule has 0 bridgehead atoms. The molecule has 6 atom stereocenters. The van der Waals surface area contributed by atoms with Crippen molar-refractivity contribution in [2.75, 3.05) is 7.11 Å². The Kier molecular flexibility index (Phi) is 6.34. The molecule has 1 aromatic rings. The first-order valence-corrected chi connectivity index (χ1v) is 12.5. The second kappa shape index (κ2) is 8.15. The van der Waals surface area contributed by atoms with Gasteiger partial charge in [0.05, 0.1) is 6.10 Å². The maximum atomic E-state index is 12.1. The molecule has 1 N–H and O–H groups in total. The second-order valence-electron chi connectivity index (χ2n) is 6.11. The Balaban J connectivity index is 1.83. The average molecular weight is 406 g/mol. The van der Waals surface area contributed by atoms with Crippen LogP contribution in [0.4, 0.5) is 0 Å². The molecule has 7 nitrogen and oxygen atoms in total. The fourth-order valence-electron chi connectivity index (χ4n) is 2.88. The number of nitrogens with one attached hydrogen (secondary N) is 1.